The highest BCUT2D eigenvalue weighted by molar-refractivity contribution is 7.16. The van der Waals surface area contributed by atoms with E-state index in [0.29, 0.717) is 31.9 Å². The summed E-state index contributed by atoms with van der Waals surface area (Å²) >= 11 is 13.6. The summed E-state index contributed by atoms with van der Waals surface area (Å²) in [5, 5.41) is 23.5. The lowest BCUT2D eigenvalue weighted by Gasteiger charge is -2.09. The number of thiophene rings is 1. The van der Waals surface area contributed by atoms with Crippen molar-refractivity contribution in [3.8, 4) is 17.9 Å². The number of nitrogens with zero attached hydrogens (tertiary/aromatic N) is 2. The van der Waals surface area contributed by atoms with Gasteiger partial charge in [0.15, 0.2) is 0 Å². The average Bonchev–Trinajstić information content (AvgIpc) is 3.19. The van der Waals surface area contributed by atoms with Gasteiger partial charge in [0.25, 0.3) is 5.91 Å². The zero-order chi connectivity index (χ0) is 24.1. The maximum absolute atomic E-state index is 12.8. The molecule has 0 bridgehead atoms. The van der Waals surface area contributed by atoms with Crippen LogP contribution in [0.25, 0.3) is 6.08 Å². The molecule has 0 atom stereocenters. The van der Waals surface area contributed by atoms with Crippen molar-refractivity contribution in [1.82, 2.24) is 0 Å². The monoisotopic (exact) mass is 507 g/mol. The summed E-state index contributed by atoms with van der Waals surface area (Å²) in [6.07, 6.45) is 5.38. The zero-order valence-corrected chi connectivity index (χ0v) is 20.4. The number of nitriles is 2. The molecule has 0 unspecified atom stereocenters. The summed E-state index contributed by atoms with van der Waals surface area (Å²) in [6.45, 7) is 0.245. The van der Waals surface area contributed by atoms with E-state index in [1.807, 2.05) is 6.07 Å². The molecule has 1 heterocycles. The molecule has 4 rings (SSSR count). The molecule has 5 nitrogen and oxygen atoms in total. The average molecular weight is 508 g/mol. The van der Waals surface area contributed by atoms with Crippen molar-refractivity contribution >= 4 is 51.5 Å². The normalized spacial score (nSPS) is 12.9. The van der Waals surface area contributed by atoms with Gasteiger partial charge in [-0.3, -0.25) is 4.79 Å². The Morgan fingerprint density at radius 1 is 1.15 bits per heavy atom. The van der Waals surface area contributed by atoms with Gasteiger partial charge >= 0.3 is 0 Å². The van der Waals surface area contributed by atoms with Crippen LogP contribution in [-0.4, -0.2) is 5.91 Å². The molecule has 0 aliphatic heterocycles. The molecule has 1 aliphatic rings. The van der Waals surface area contributed by atoms with E-state index in [9.17, 15) is 15.3 Å². The minimum atomic E-state index is -0.545. The van der Waals surface area contributed by atoms with Gasteiger partial charge in [-0.25, -0.2) is 0 Å². The van der Waals surface area contributed by atoms with Crippen LogP contribution in [0, 0.1) is 22.7 Å². The molecular formula is C26H19Cl2N3O2S. The fraction of sp³-hybridized carbons (Fsp3) is 0.192. The van der Waals surface area contributed by atoms with Crippen LogP contribution in [-0.2, 0) is 24.2 Å². The number of benzene rings is 2. The van der Waals surface area contributed by atoms with Gasteiger partial charge in [0.05, 0.1) is 5.56 Å². The minimum absolute atomic E-state index is 0.0619. The lowest BCUT2D eigenvalue weighted by Crippen LogP contribution is -2.13. The van der Waals surface area contributed by atoms with Gasteiger partial charge in [0, 0.05) is 20.5 Å². The van der Waals surface area contributed by atoms with Gasteiger partial charge in [0.1, 0.15) is 35.1 Å². The number of aryl methyl sites for hydroxylation is 1. The first-order valence-corrected chi connectivity index (χ1v) is 12.2. The van der Waals surface area contributed by atoms with Crippen molar-refractivity contribution in [2.75, 3.05) is 5.32 Å². The standard InChI is InChI=1S/C26H19Cl2N3O2S/c27-19-9-8-17(23(28)12-19)15-33-20-5-3-4-16(11-20)10-18(13-29)25(32)31-26-22(14-30)21-6-1-2-7-24(21)34-26/h3-5,8-12H,1-2,6-7,15H2,(H,31,32). The summed E-state index contributed by atoms with van der Waals surface area (Å²) in [5.74, 6) is 0.0204. The molecule has 34 heavy (non-hydrogen) atoms. The van der Waals surface area contributed by atoms with E-state index in [0.717, 1.165) is 41.7 Å². The highest BCUT2D eigenvalue weighted by Crippen LogP contribution is 2.37. The first kappa shape index (κ1) is 23.9. The van der Waals surface area contributed by atoms with Crippen LogP contribution >= 0.6 is 34.5 Å². The van der Waals surface area contributed by atoms with Gasteiger partial charge in [-0.15, -0.1) is 11.3 Å². The number of hydrogen-bond acceptors (Lipinski definition) is 5. The molecule has 1 N–H and O–H groups in total. The van der Waals surface area contributed by atoms with Crippen molar-refractivity contribution in [3.05, 3.63) is 85.2 Å². The summed E-state index contributed by atoms with van der Waals surface area (Å²) in [7, 11) is 0. The van der Waals surface area contributed by atoms with Crippen molar-refractivity contribution in [3.63, 3.8) is 0 Å². The summed E-state index contributed by atoms with van der Waals surface area (Å²) < 4.78 is 5.83. The van der Waals surface area contributed by atoms with Crippen LogP contribution in [0.2, 0.25) is 10.0 Å². The molecule has 0 saturated carbocycles. The second kappa shape index (κ2) is 10.8. The van der Waals surface area contributed by atoms with Gasteiger partial charge in [0.2, 0.25) is 0 Å². The number of rotatable bonds is 6. The molecule has 1 aromatic heterocycles. The second-order valence-corrected chi connectivity index (χ2v) is 9.70. The fourth-order valence-corrected chi connectivity index (χ4v) is 5.45. The first-order valence-electron chi connectivity index (χ1n) is 10.6. The first-order chi connectivity index (χ1) is 16.5. The Morgan fingerprint density at radius 2 is 1.97 bits per heavy atom. The van der Waals surface area contributed by atoms with E-state index in [1.54, 1.807) is 42.5 Å². The van der Waals surface area contributed by atoms with E-state index in [-0.39, 0.29) is 12.2 Å². The van der Waals surface area contributed by atoms with Gasteiger partial charge < -0.3 is 10.1 Å². The zero-order valence-electron chi connectivity index (χ0n) is 18.0. The third-order valence-corrected chi connectivity index (χ3v) is 7.25. The molecule has 170 valence electrons. The van der Waals surface area contributed by atoms with Crippen molar-refractivity contribution in [1.29, 1.82) is 10.5 Å². The molecule has 0 spiro atoms. The quantitative estimate of drug-likeness (QED) is 0.289. The SMILES string of the molecule is N#CC(=Cc1cccc(OCc2ccc(Cl)cc2Cl)c1)C(=O)Nc1sc2c(c1C#N)CCCC2. The fourth-order valence-electron chi connectivity index (χ4n) is 3.75. The Labute approximate surface area is 211 Å². The van der Waals surface area contributed by atoms with Crippen molar-refractivity contribution in [2.24, 2.45) is 0 Å². The van der Waals surface area contributed by atoms with Crippen LogP contribution in [0.3, 0.4) is 0 Å². The number of anilines is 1. The maximum Gasteiger partial charge on any atom is 0.266 e. The number of fused-ring (bicyclic) bond motifs is 1. The summed E-state index contributed by atoms with van der Waals surface area (Å²) in [6, 6.07) is 16.4. The van der Waals surface area contributed by atoms with Crippen LogP contribution in [0.15, 0.2) is 48.0 Å². The highest BCUT2D eigenvalue weighted by atomic mass is 35.5. The van der Waals surface area contributed by atoms with E-state index in [2.05, 4.69) is 11.4 Å². The molecule has 8 heteroatoms. The van der Waals surface area contributed by atoms with Crippen LogP contribution < -0.4 is 10.1 Å². The number of carbonyl (C=O) groups is 1. The lowest BCUT2D eigenvalue weighted by molar-refractivity contribution is -0.112. The van der Waals surface area contributed by atoms with E-state index in [4.69, 9.17) is 27.9 Å². The Morgan fingerprint density at radius 3 is 2.74 bits per heavy atom. The predicted molar refractivity (Wildman–Crippen MR) is 135 cm³/mol. The third kappa shape index (κ3) is 5.43. The number of amides is 1. The molecular weight excluding hydrogens is 489 g/mol. The molecule has 1 amide bonds. The number of nitrogens with one attached hydrogen (secondary N) is 1. The smallest absolute Gasteiger partial charge is 0.266 e. The van der Waals surface area contributed by atoms with Crippen molar-refractivity contribution in [2.45, 2.75) is 32.3 Å². The Bertz CT molecular complexity index is 1370. The number of halogens is 2. The number of carbonyl (C=O) groups excluding carboxylic acids is 1. The molecule has 1 aliphatic carbocycles. The lowest BCUT2D eigenvalue weighted by atomic mass is 9.96. The van der Waals surface area contributed by atoms with Crippen LogP contribution in [0.4, 0.5) is 5.00 Å². The van der Waals surface area contributed by atoms with E-state index < -0.39 is 5.91 Å². The summed E-state index contributed by atoms with van der Waals surface area (Å²) in [4.78, 5) is 14.0. The van der Waals surface area contributed by atoms with Crippen LogP contribution in [0.1, 0.15) is 40.0 Å². The Kier molecular flexibility index (Phi) is 7.55. The Balaban J connectivity index is 1.49. The maximum atomic E-state index is 12.8. The van der Waals surface area contributed by atoms with Gasteiger partial charge in [-0.1, -0.05) is 41.4 Å². The molecule has 0 fully saturated rings. The molecule has 0 radical (unpaired) electrons. The highest BCUT2D eigenvalue weighted by Gasteiger charge is 2.22. The minimum Gasteiger partial charge on any atom is -0.489 e. The molecule has 0 saturated heterocycles. The predicted octanol–water partition coefficient (Wildman–Crippen LogP) is 6.93. The van der Waals surface area contributed by atoms with E-state index in [1.165, 1.54) is 17.4 Å². The van der Waals surface area contributed by atoms with Gasteiger partial charge in [-0.2, -0.15) is 10.5 Å². The molecule has 3 aromatic rings. The second-order valence-electron chi connectivity index (χ2n) is 7.75. The van der Waals surface area contributed by atoms with Crippen LogP contribution in [0.5, 0.6) is 5.75 Å². The topological polar surface area (TPSA) is 85.9 Å². The summed E-state index contributed by atoms with van der Waals surface area (Å²) in [5.41, 5.74) is 2.91. The third-order valence-electron chi connectivity index (χ3n) is 5.45. The van der Waals surface area contributed by atoms with E-state index >= 15 is 0 Å². The largest absolute Gasteiger partial charge is 0.489 e. The number of hydrogen-bond donors (Lipinski definition) is 1. The molecule has 2 aromatic carbocycles. The van der Waals surface area contributed by atoms with Gasteiger partial charge in [-0.05, 0) is 67.2 Å². The Hall–Kier alpha value is -3.29. The number of ether oxygens (including phenoxy) is 1. The van der Waals surface area contributed by atoms with Crippen molar-refractivity contribution < 1.29 is 9.53 Å².